The number of aliphatic carboxylic acids is 2. The maximum Gasteiger partial charge on any atom is 2.00 e. The van der Waals surface area contributed by atoms with Crippen molar-refractivity contribution in [1.29, 1.82) is 0 Å². The van der Waals surface area contributed by atoms with Gasteiger partial charge in [0.05, 0.1) is 5.97 Å². The molecular formula is C4H6ClNO4Zn. The minimum Gasteiger partial charge on any atom is -0.550 e. The summed E-state index contributed by atoms with van der Waals surface area (Å²) < 4.78 is 0. The summed E-state index contributed by atoms with van der Waals surface area (Å²) in [5.74, 6) is -3.08. The molecule has 0 aliphatic carbocycles. The topological polar surface area (TPSA) is 106 Å². The molecule has 0 amide bonds. The van der Waals surface area contributed by atoms with E-state index >= 15 is 0 Å². The predicted octanol–water partition coefficient (Wildman–Crippen LogP) is -3.38. The molecule has 5 nitrogen and oxygen atoms in total. The van der Waals surface area contributed by atoms with Gasteiger partial charge < -0.3 is 25.5 Å². The summed E-state index contributed by atoms with van der Waals surface area (Å²) in [6, 6.07) is -1.46. The van der Waals surface area contributed by atoms with Crippen LogP contribution in [0.25, 0.3) is 0 Å². The van der Waals surface area contributed by atoms with Crippen LogP contribution in [0.1, 0.15) is 6.42 Å². The third-order valence-corrected chi connectivity index (χ3v) is 0.689. The molecule has 0 radical (unpaired) electrons. The number of carbonyl (C=O) groups is 2. The maximum absolute atomic E-state index is 9.71. The first kappa shape index (κ1) is 17.1. The molecule has 0 fully saturated rings. The fraction of sp³-hybridized carbons (Fsp3) is 0.500. The Kier molecular flexibility index (Phi) is 12.3. The van der Waals surface area contributed by atoms with Crippen molar-refractivity contribution in [3.05, 3.63) is 0 Å². The van der Waals surface area contributed by atoms with Crippen molar-refractivity contribution < 1.29 is 39.3 Å². The van der Waals surface area contributed by atoms with Crippen LogP contribution in [0.15, 0.2) is 0 Å². The Morgan fingerprint density at radius 2 is 1.73 bits per heavy atom. The third-order valence-electron chi connectivity index (χ3n) is 0.689. The molecule has 0 aliphatic heterocycles. The molecule has 2 N–H and O–H groups in total. The molecule has 7 heteroatoms. The van der Waals surface area contributed by atoms with Crippen LogP contribution in [-0.4, -0.2) is 18.0 Å². The molecule has 0 rings (SSSR count). The summed E-state index contributed by atoms with van der Waals surface area (Å²) in [7, 11) is 0. The van der Waals surface area contributed by atoms with E-state index in [4.69, 9.17) is 5.73 Å². The van der Waals surface area contributed by atoms with Gasteiger partial charge in [-0.15, -0.1) is 12.4 Å². The molecule has 0 aromatic rings. The molecule has 0 unspecified atom stereocenters. The van der Waals surface area contributed by atoms with E-state index in [0.29, 0.717) is 0 Å². The minimum absolute atomic E-state index is 0. The van der Waals surface area contributed by atoms with Crippen LogP contribution in [-0.2, 0) is 29.1 Å². The van der Waals surface area contributed by atoms with Gasteiger partial charge in [-0.25, -0.2) is 0 Å². The van der Waals surface area contributed by atoms with Gasteiger partial charge in [-0.2, -0.15) is 0 Å². The molecular weight excluding hydrogens is 227 g/mol. The standard InChI is InChI=1S/C4H7NO4.ClH.Zn/c5-2(4(8)9)1-3(6)7;;/h2H,1,5H2,(H,6,7)(H,8,9);1H;/q;;+2/p-2/t2-;;/m0../s1. The molecule has 0 aliphatic rings. The van der Waals surface area contributed by atoms with Crippen LogP contribution >= 0.6 is 12.4 Å². The van der Waals surface area contributed by atoms with Gasteiger partial charge in [0.15, 0.2) is 0 Å². The molecule has 0 aromatic carbocycles. The molecule has 0 saturated heterocycles. The van der Waals surface area contributed by atoms with Gasteiger partial charge >= 0.3 is 19.5 Å². The molecule has 60 valence electrons. The van der Waals surface area contributed by atoms with Crippen molar-refractivity contribution in [1.82, 2.24) is 0 Å². The number of rotatable bonds is 3. The van der Waals surface area contributed by atoms with Crippen molar-refractivity contribution in [2.45, 2.75) is 12.5 Å². The largest absolute Gasteiger partial charge is 2.00 e. The molecule has 0 aromatic heterocycles. The van der Waals surface area contributed by atoms with Crippen molar-refractivity contribution in [3.8, 4) is 0 Å². The van der Waals surface area contributed by atoms with Crippen LogP contribution < -0.4 is 15.9 Å². The van der Waals surface area contributed by atoms with E-state index in [1.165, 1.54) is 0 Å². The summed E-state index contributed by atoms with van der Waals surface area (Å²) in [5.41, 5.74) is 4.73. The van der Waals surface area contributed by atoms with Crippen LogP contribution in [0.3, 0.4) is 0 Å². The Morgan fingerprint density at radius 1 is 1.36 bits per heavy atom. The van der Waals surface area contributed by atoms with Gasteiger partial charge in [-0.05, 0) is 0 Å². The number of carboxylic acid groups (broad SMARTS) is 2. The Morgan fingerprint density at radius 3 is 1.82 bits per heavy atom. The third kappa shape index (κ3) is 9.81. The average Bonchev–Trinajstić information content (AvgIpc) is 1.63. The van der Waals surface area contributed by atoms with Crippen molar-refractivity contribution in [2.75, 3.05) is 0 Å². The second-order valence-corrected chi connectivity index (χ2v) is 1.50. The normalized spacial score (nSPS) is 10.3. The summed E-state index contributed by atoms with van der Waals surface area (Å²) in [6.07, 6.45) is -0.706. The van der Waals surface area contributed by atoms with E-state index in [9.17, 15) is 19.8 Å². The zero-order valence-corrected chi connectivity index (χ0v) is 9.39. The SMILES string of the molecule is Cl.N[C@@H](CC(=O)[O-])C(=O)[O-].[Zn+2]. The summed E-state index contributed by atoms with van der Waals surface area (Å²) in [4.78, 5) is 19.3. The fourth-order valence-corrected chi connectivity index (χ4v) is 0.263. The number of hydrogen-bond acceptors (Lipinski definition) is 5. The Labute approximate surface area is 82.1 Å². The first-order valence-corrected chi connectivity index (χ1v) is 2.20. The van der Waals surface area contributed by atoms with Gasteiger partial charge in [0.25, 0.3) is 0 Å². The van der Waals surface area contributed by atoms with E-state index in [1.54, 1.807) is 0 Å². The monoisotopic (exact) mass is 231 g/mol. The van der Waals surface area contributed by atoms with E-state index in [0.717, 1.165) is 0 Å². The number of carbonyl (C=O) groups excluding carboxylic acids is 2. The zero-order chi connectivity index (χ0) is 7.44. The molecule has 0 heterocycles. The number of hydrogen-bond donors (Lipinski definition) is 1. The number of halogens is 1. The second kappa shape index (κ2) is 7.92. The minimum atomic E-state index is -1.58. The van der Waals surface area contributed by atoms with Crippen LogP contribution in [0, 0.1) is 0 Å². The zero-order valence-electron chi connectivity index (χ0n) is 5.61. The van der Waals surface area contributed by atoms with Crippen molar-refractivity contribution in [3.63, 3.8) is 0 Å². The summed E-state index contributed by atoms with van der Waals surface area (Å²) in [6.45, 7) is 0. The molecule has 0 spiro atoms. The van der Waals surface area contributed by atoms with E-state index in [2.05, 4.69) is 0 Å². The first-order chi connectivity index (χ1) is 4.04. The molecule has 0 saturated carbocycles. The molecule has 0 bridgehead atoms. The second-order valence-electron chi connectivity index (χ2n) is 1.50. The first-order valence-electron chi connectivity index (χ1n) is 2.20. The van der Waals surface area contributed by atoms with E-state index < -0.39 is 24.4 Å². The van der Waals surface area contributed by atoms with Gasteiger partial charge in [-0.1, -0.05) is 0 Å². The van der Waals surface area contributed by atoms with Gasteiger partial charge in [0, 0.05) is 18.4 Å². The number of carboxylic acids is 2. The van der Waals surface area contributed by atoms with Crippen molar-refractivity contribution >= 4 is 24.3 Å². The molecule has 1 atom stereocenters. The van der Waals surface area contributed by atoms with Crippen LogP contribution in [0.2, 0.25) is 0 Å². The number of nitrogens with two attached hydrogens (primary N) is 1. The fourth-order valence-electron chi connectivity index (χ4n) is 0.263. The van der Waals surface area contributed by atoms with Gasteiger partial charge in [0.1, 0.15) is 0 Å². The van der Waals surface area contributed by atoms with Crippen molar-refractivity contribution in [2.24, 2.45) is 5.73 Å². The summed E-state index contributed by atoms with van der Waals surface area (Å²) >= 11 is 0. The van der Waals surface area contributed by atoms with Gasteiger partial charge in [-0.3, -0.25) is 0 Å². The van der Waals surface area contributed by atoms with E-state index in [-0.39, 0.29) is 31.9 Å². The summed E-state index contributed by atoms with van der Waals surface area (Å²) in [5, 5.41) is 19.3. The van der Waals surface area contributed by atoms with Crippen LogP contribution in [0.4, 0.5) is 0 Å². The average molecular weight is 233 g/mol. The Balaban J connectivity index is -0.000000320. The smallest absolute Gasteiger partial charge is 0.550 e. The van der Waals surface area contributed by atoms with Crippen LogP contribution in [0.5, 0.6) is 0 Å². The Bertz CT molecular complexity index is 142. The predicted molar refractivity (Wildman–Crippen MR) is 29.9 cm³/mol. The maximum atomic E-state index is 9.71. The van der Waals surface area contributed by atoms with E-state index in [1.807, 2.05) is 0 Å². The van der Waals surface area contributed by atoms with Gasteiger partial charge in [0.2, 0.25) is 0 Å². The Hall–Kier alpha value is -0.187. The molecule has 11 heavy (non-hydrogen) atoms. The quantitative estimate of drug-likeness (QED) is 0.512.